The van der Waals surface area contributed by atoms with E-state index in [2.05, 4.69) is 38.0 Å². The first kappa shape index (κ1) is 24.1. The number of hydrogen-bond acceptors (Lipinski definition) is 3. The Bertz CT molecular complexity index is 672. The van der Waals surface area contributed by atoms with E-state index in [1.807, 2.05) is 26.1 Å². The molecule has 0 aromatic heterocycles. The molecule has 1 aliphatic rings. The first-order valence-corrected chi connectivity index (χ1v) is 10.0. The van der Waals surface area contributed by atoms with E-state index in [9.17, 15) is 9.50 Å². The Hall–Kier alpha value is -1.91. The highest BCUT2D eigenvalue weighted by Gasteiger charge is 2.30. The maximum atomic E-state index is 13.1. The number of aliphatic hydroxyl groups excluding tert-OH is 1. The Morgan fingerprint density at radius 1 is 1.36 bits per heavy atom. The van der Waals surface area contributed by atoms with E-state index in [0.29, 0.717) is 6.61 Å². The molecule has 0 radical (unpaired) electrons. The lowest BCUT2D eigenvalue weighted by molar-refractivity contribution is -0.0710. The van der Waals surface area contributed by atoms with Crippen molar-refractivity contribution >= 4 is 0 Å². The van der Waals surface area contributed by atoms with Gasteiger partial charge >= 0.3 is 0 Å². The molecule has 1 rings (SSSR count). The maximum Gasteiger partial charge on any atom is 0.116 e. The first-order valence-electron chi connectivity index (χ1n) is 10.0. The molecule has 1 unspecified atom stereocenters. The number of halogens is 1. The molecule has 1 aliphatic carbocycles. The zero-order chi connectivity index (χ0) is 21.2. The molecule has 0 aromatic rings. The summed E-state index contributed by atoms with van der Waals surface area (Å²) in [5.74, 6) is -0.472. The number of nitrogens with zero attached hydrogens (tertiary/aromatic N) is 1. The van der Waals surface area contributed by atoms with Crippen LogP contribution in [0.1, 0.15) is 52.9 Å². The molecule has 156 valence electrons. The third-order valence-electron chi connectivity index (χ3n) is 5.41. The summed E-state index contributed by atoms with van der Waals surface area (Å²) >= 11 is 0. The quantitative estimate of drug-likeness (QED) is 0.492. The molecular weight excluding hydrogens is 353 g/mol. The molecule has 3 nitrogen and oxygen atoms in total. The minimum absolute atomic E-state index is 0.0333. The molecule has 28 heavy (non-hydrogen) atoms. The normalized spacial score (nSPS) is 26.2. The van der Waals surface area contributed by atoms with E-state index in [-0.39, 0.29) is 12.2 Å². The molecule has 0 amide bonds. The summed E-state index contributed by atoms with van der Waals surface area (Å²) in [6, 6.07) is 0. The van der Waals surface area contributed by atoms with Gasteiger partial charge in [-0.3, -0.25) is 0 Å². The average Bonchev–Trinajstić information content (AvgIpc) is 2.75. The van der Waals surface area contributed by atoms with E-state index < -0.39 is 5.83 Å². The molecular formula is C24H36FNO2. The average molecular weight is 390 g/mol. The Morgan fingerprint density at radius 2 is 2.04 bits per heavy atom. The minimum Gasteiger partial charge on any atom is -0.394 e. The first-order chi connectivity index (χ1) is 13.3. The number of hydrogen-bond donors (Lipinski definition) is 1. The van der Waals surface area contributed by atoms with Crippen molar-refractivity contribution in [2.24, 2.45) is 0 Å². The topological polar surface area (TPSA) is 32.7 Å². The number of likely N-dealkylation sites (N-methyl/N-ethyl adjacent to an activating group) is 1. The molecule has 1 atom stereocenters. The molecule has 0 saturated carbocycles. The van der Waals surface area contributed by atoms with Gasteiger partial charge in [0.15, 0.2) is 0 Å². The van der Waals surface area contributed by atoms with Crippen LogP contribution < -0.4 is 0 Å². The Labute approximate surface area is 170 Å². The van der Waals surface area contributed by atoms with Gasteiger partial charge < -0.3 is 14.7 Å². The van der Waals surface area contributed by atoms with Crippen LogP contribution in [0.25, 0.3) is 0 Å². The molecule has 0 heterocycles. The van der Waals surface area contributed by atoms with Crippen molar-refractivity contribution in [3.8, 4) is 0 Å². The van der Waals surface area contributed by atoms with Gasteiger partial charge in [-0.15, -0.1) is 0 Å². The highest BCUT2D eigenvalue weighted by Crippen LogP contribution is 2.35. The van der Waals surface area contributed by atoms with Crippen molar-refractivity contribution in [1.82, 2.24) is 4.90 Å². The van der Waals surface area contributed by atoms with Gasteiger partial charge in [0.05, 0.1) is 18.8 Å². The predicted octanol–water partition coefficient (Wildman–Crippen LogP) is 5.98. The van der Waals surface area contributed by atoms with Gasteiger partial charge in [-0.2, -0.15) is 0 Å². The fraction of sp³-hybridized carbons (Fsp3) is 0.500. The highest BCUT2D eigenvalue weighted by molar-refractivity contribution is 5.38. The summed E-state index contributed by atoms with van der Waals surface area (Å²) in [6.45, 7) is 13.9. The van der Waals surface area contributed by atoms with Crippen LogP contribution in [-0.2, 0) is 4.74 Å². The maximum absolute atomic E-state index is 13.1. The van der Waals surface area contributed by atoms with Gasteiger partial charge in [-0.05, 0) is 69.8 Å². The number of allylic oxidation sites excluding steroid dienone is 8. The second kappa shape index (κ2) is 11.8. The standard InChI is InChI=1S/C24H36FNO2/c1-7-21-13-15-24(9-3,28-17-16-27)14-12-19(4)18-23(21)26(6)22(8-2)11-10-20(5)25/h7-8,10-11,18,27H,1,5,9,12-17H2,2-4,6H3/b11-10-,19-18+,22-8+,23-21+. The van der Waals surface area contributed by atoms with Crippen LogP contribution in [0, 0.1) is 0 Å². The number of ether oxygens (including phenoxy) is 1. The van der Waals surface area contributed by atoms with Crippen LogP contribution in [0.5, 0.6) is 0 Å². The third-order valence-corrected chi connectivity index (χ3v) is 5.41. The molecule has 1 N–H and O–H groups in total. The fourth-order valence-electron chi connectivity index (χ4n) is 3.54. The SMILES string of the molecule is C=C/C1=C(N(C)C(/C=C\C(=C)F)=C/C)/C=C(\C)CCC(CC)(OCCO)CC1. The Kier molecular flexibility index (Phi) is 10.2. The van der Waals surface area contributed by atoms with Gasteiger partial charge in [-0.1, -0.05) is 37.8 Å². The second-order valence-electron chi connectivity index (χ2n) is 7.27. The van der Waals surface area contributed by atoms with Crippen molar-refractivity contribution in [2.75, 3.05) is 20.3 Å². The Balaban J connectivity index is 3.31. The minimum atomic E-state index is -0.472. The van der Waals surface area contributed by atoms with Crippen LogP contribution >= 0.6 is 0 Å². The van der Waals surface area contributed by atoms with Gasteiger partial charge in [0.2, 0.25) is 0 Å². The largest absolute Gasteiger partial charge is 0.394 e. The summed E-state index contributed by atoms with van der Waals surface area (Å²) in [6.07, 6.45) is 13.6. The van der Waals surface area contributed by atoms with Crippen LogP contribution in [0.4, 0.5) is 4.39 Å². The van der Waals surface area contributed by atoms with Crippen molar-refractivity contribution in [3.05, 3.63) is 71.9 Å². The molecule has 0 saturated heterocycles. The van der Waals surface area contributed by atoms with Crippen molar-refractivity contribution in [1.29, 1.82) is 0 Å². The molecule has 4 heteroatoms. The van der Waals surface area contributed by atoms with Gasteiger partial charge in [-0.25, -0.2) is 4.39 Å². The summed E-state index contributed by atoms with van der Waals surface area (Å²) in [5, 5.41) is 9.22. The number of rotatable bonds is 9. The van der Waals surface area contributed by atoms with E-state index in [0.717, 1.165) is 49.1 Å². The van der Waals surface area contributed by atoms with Gasteiger partial charge in [0.1, 0.15) is 5.83 Å². The van der Waals surface area contributed by atoms with Crippen LogP contribution in [0.15, 0.2) is 71.9 Å². The fourth-order valence-corrected chi connectivity index (χ4v) is 3.54. The van der Waals surface area contributed by atoms with Crippen molar-refractivity contribution < 1.29 is 14.2 Å². The summed E-state index contributed by atoms with van der Waals surface area (Å²) in [5.41, 5.74) is 4.08. The summed E-state index contributed by atoms with van der Waals surface area (Å²) in [4.78, 5) is 2.06. The van der Waals surface area contributed by atoms with Crippen LogP contribution in [0.3, 0.4) is 0 Å². The molecule has 0 spiro atoms. The monoisotopic (exact) mass is 389 g/mol. The lowest BCUT2D eigenvalue weighted by atomic mass is 9.87. The number of aliphatic hydroxyl groups is 1. The Morgan fingerprint density at radius 3 is 2.57 bits per heavy atom. The third kappa shape index (κ3) is 6.92. The van der Waals surface area contributed by atoms with E-state index in [1.54, 1.807) is 6.08 Å². The predicted molar refractivity (Wildman–Crippen MR) is 116 cm³/mol. The van der Waals surface area contributed by atoms with Gasteiger partial charge in [0, 0.05) is 18.4 Å². The molecule has 0 aromatic carbocycles. The lowest BCUT2D eigenvalue weighted by Crippen LogP contribution is -2.33. The van der Waals surface area contributed by atoms with Gasteiger partial charge in [0.25, 0.3) is 0 Å². The molecule has 0 fully saturated rings. The summed E-state index contributed by atoms with van der Waals surface area (Å²) < 4.78 is 19.2. The van der Waals surface area contributed by atoms with Crippen LogP contribution in [0.2, 0.25) is 0 Å². The van der Waals surface area contributed by atoms with E-state index in [1.165, 1.54) is 11.6 Å². The lowest BCUT2D eigenvalue weighted by Gasteiger charge is -2.33. The summed E-state index contributed by atoms with van der Waals surface area (Å²) in [7, 11) is 1.98. The molecule has 0 bridgehead atoms. The van der Waals surface area contributed by atoms with Crippen molar-refractivity contribution in [2.45, 2.75) is 58.5 Å². The second-order valence-corrected chi connectivity index (χ2v) is 7.27. The van der Waals surface area contributed by atoms with Crippen LogP contribution in [-0.4, -0.2) is 35.9 Å². The van der Waals surface area contributed by atoms with E-state index in [4.69, 9.17) is 4.74 Å². The van der Waals surface area contributed by atoms with Crippen molar-refractivity contribution in [3.63, 3.8) is 0 Å². The van der Waals surface area contributed by atoms with E-state index >= 15 is 0 Å². The molecule has 0 aliphatic heterocycles. The smallest absolute Gasteiger partial charge is 0.116 e. The zero-order valence-corrected chi connectivity index (χ0v) is 17.9. The zero-order valence-electron chi connectivity index (χ0n) is 17.9. The highest BCUT2D eigenvalue weighted by atomic mass is 19.1.